The van der Waals surface area contributed by atoms with Crippen molar-refractivity contribution >= 4 is 39.4 Å². The molecular weight excluding hydrogens is 438 g/mol. The molecule has 0 spiro atoms. The molecule has 1 unspecified atom stereocenters. The monoisotopic (exact) mass is 455 g/mol. The molecule has 2 aromatic carbocycles. The molecule has 1 amide bonds. The van der Waals surface area contributed by atoms with Crippen molar-refractivity contribution in [2.24, 2.45) is 0 Å². The van der Waals surface area contributed by atoms with Crippen LogP contribution in [0.3, 0.4) is 0 Å². The second kappa shape index (κ2) is 7.93. The van der Waals surface area contributed by atoms with Crippen LogP contribution < -0.4 is 10.9 Å². The van der Waals surface area contributed by atoms with Crippen molar-refractivity contribution in [2.75, 3.05) is 5.32 Å². The third kappa shape index (κ3) is 4.05. The van der Waals surface area contributed by atoms with E-state index in [1.54, 1.807) is 0 Å². The number of fused-ring (bicyclic) bond motifs is 1. The molecule has 2 N–H and O–H groups in total. The summed E-state index contributed by atoms with van der Waals surface area (Å²) >= 11 is 4.90. The quantitative estimate of drug-likeness (QED) is 0.444. The van der Waals surface area contributed by atoms with E-state index in [1.165, 1.54) is 17.3 Å². The van der Waals surface area contributed by atoms with Gasteiger partial charge in [0.05, 0.1) is 5.56 Å². The lowest BCUT2D eigenvalue weighted by Gasteiger charge is -2.24. The number of nitrogens with one attached hydrogen (secondary N) is 2. The molecule has 28 heavy (non-hydrogen) atoms. The molecule has 0 saturated heterocycles. The van der Waals surface area contributed by atoms with E-state index in [2.05, 4.69) is 55.5 Å². The largest absolute Gasteiger partial charge is 0.310 e. The van der Waals surface area contributed by atoms with Gasteiger partial charge in [0.25, 0.3) is 5.56 Å². The van der Waals surface area contributed by atoms with E-state index in [0.29, 0.717) is 22.3 Å². The fourth-order valence-electron chi connectivity index (χ4n) is 3.26. The van der Waals surface area contributed by atoms with E-state index < -0.39 is 0 Å². The van der Waals surface area contributed by atoms with Crippen LogP contribution in [-0.2, 0) is 10.5 Å². The lowest BCUT2D eigenvalue weighted by atomic mass is 9.87. The predicted octanol–water partition coefficient (Wildman–Crippen LogP) is 4.61. The second-order valence-electron chi connectivity index (χ2n) is 6.77. The number of amides is 1. The minimum absolute atomic E-state index is 0.134. The number of halogens is 1. The predicted molar refractivity (Wildman–Crippen MR) is 115 cm³/mol. The highest BCUT2D eigenvalue weighted by Crippen LogP contribution is 2.35. The Bertz CT molecular complexity index is 1100. The fraction of sp³-hybridized carbons (Fsp3) is 0.190. The average molecular weight is 456 g/mol. The molecule has 7 heteroatoms. The van der Waals surface area contributed by atoms with Gasteiger partial charge >= 0.3 is 0 Å². The topological polar surface area (TPSA) is 74.8 Å². The van der Waals surface area contributed by atoms with Crippen LogP contribution in [0, 0.1) is 6.92 Å². The summed E-state index contributed by atoms with van der Waals surface area (Å²) in [5, 5.41) is 3.27. The highest BCUT2D eigenvalue weighted by Gasteiger charge is 2.31. The first-order chi connectivity index (χ1) is 13.5. The smallest absolute Gasteiger partial charge is 0.257 e. The van der Waals surface area contributed by atoms with E-state index in [1.807, 2.05) is 31.2 Å². The maximum atomic E-state index is 12.8. The number of hydrogen-bond donors (Lipinski definition) is 2. The molecule has 0 radical (unpaired) electrons. The van der Waals surface area contributed by atoms with Crippen molar-refractivity contribution in [3.8, 4) is 0 Å². The first-order valence-electron chi connectivity index (χ1n) is 8.87. The molecule has 1 aromatic heterocycles. The molecule has 2 heterocycles. The van der Waals surface area contributed by atoms with Gasteiger partial charge in [0, 0.05) is 22.6 Å². The summed E-state index contributed by atoms with van der Waals surface area (Å²) < 4.78 is 0.909. The SMILES string of the molecule is Cc1ccc(CSc2nc3c(c(=O)[nH]2)C(c2cccc(Br)c2)CC(=O)N3)cc1. The zero-order valence-electron chi connectivity index (χ0n) is 15.2. The van der Waals surface area contributed by atoms with E-state index in [0.717, 1.165) is 15.6 Å². The van der Waals surface area contributed by atoms with Crippen molar-refractivity contribution in [3.05, 3.63) is 85.6 Å². The zero-order valence-corrected chi connectivity index (χ0v) is 17.6. The molecule has 0 bridgehead atoms. The minimum Gasteiger partial charge on any atom is -0.310 e. The zero-order chi connectivity index (χ0) is 19.7. The van der Waals surface area contributed by atoms with Gasteiger partial charge in [0.2, 0.25) is 5.91 Å². The number of benzene rings is 2. The number of hydrogen-bond acceptors (Lipinski definition) is 4. The van der Waals surface area contributed by atoms with Crippen LogP contribution in [0.1, 0.15) is 34.6 Å². The van der Waals surface area contributed by atoms with Crippen molar-refractivity contribution in [2.45, 2.75) is 30.2 Å². The number of carbonyl (C=O) groups excluding carboxylic acids is 1. The number of aromatic nitrogens is 2. The highest BCUT2D eigenvalue weighted by atomic mass is 79.9. The molecule has 5 nitrogen and oxygen atoms in total. The molecule has 0 aliphatic carbocycles. The van der Waals surface area contributed by atoms with Crippen LogP contribution in [0.5, 0.6) is 0 Å². The number of rotatable bonds is 4. The van der Waals surface area contributed by atoms with Gasteiger partial charge in [-0.1, -0.05) is 69.7 Å². The molecule has 1 aliphatic heterocycles. The summed E-state index contributed by atoms with van der Waals surface area (Å²) in [6.45, 7) is 2.05. The van der Waals surface area contributed by atoms with Crippen LogP contribution >= 0.6 is 27.7 Å². The summed E-state index contributed by atoms with van der Waals surface area (Å²) in [5.41, 5.74) is 3.57. The summed E-state index contributed by atoms with van der Waals surface area (Å²) in [4.78, 5) is 32.5. The second-order valence-corrected chi connectivity index (χ2v) is 8.65. The Morgan fingerprint density at radius 1 is 1.18 bits per heavy atom. The van der Waals surface area contributed by atoms with Crippen molar-refractivity contribution < 1.29 is 4.79 Å². The summed E-state index contributed by atoms with van der Waals surface area (Å²) in [6, 6.07) is 15.9. The minimum atomic E-state index is -0.311. The Morgan fingerprint density at radius 2 is 1.96 bits per heavy atom. The van der Waals surface area contributed by atoms with Crippen molar-refractivity contribution in [1.82, 2.24) is 9.97 Å². The number of aryl methyl sites for hydroxylation is 1. The van der Waals surface area contributed by atoms with E-state index in [-0.39, 0.29) is 23.8 Å². The Morgan fingerprint density at radius 3 is 2.71 bits per heavy atom. The van der Waals surface area contributed by atoms with E-state index in [9.17, 15) is 9.59 Å². The lowest BCUT2D eigenvalue weighted by molar-refractivity contribution is -0.116. The van der Waals surface area contributed by atoms with Gasteiger partial charge in [-0.3, -0.25) is 9.59 Å². The number of aromatic amines is 1. The average Bonchev–Trinajstić information content (AvgIpc) is 2.66. The van der Waals surface area contributed by atoms with Gasteiger partial charge in [-0.05, 0) is 30.2 Å². The number of anilines is 1. The summed E-state index contributed by atoms with van der Waals surface area (Å²) in [7, 11) is 0. The maximum absolute atomic E-state index is 12.8. The molecule has 4 rings (SSSR count). The Labute approximate surface area is 175 Å². The first kappa shape index (κ1) is 19.0. The normalized spacial score (nSPS) is 15.8. The Hall–Kier alpha value is -2.38. The van der Waals surface area contributed by atoms with E-state index in [4.69, 9.17) is 0 Å². The number of thioether (sulfide) groups is 1. The number of carbonyl (C=O) groups is 1. The third-order valence-electron chi connectivity index (χ3n) is 4.68. The third-order valence-corrected chi connectivity index (χ3v) is 6.11. The van der Waals surface area contributed by atoms with Crippen molar-refractivity contribution in [3.63, 3.8) is 0 Å². The van der Waals surface area contributed by atoms with Gasteiger partial charge in [-0.25, -0.2) is 4.98 Å². The molecule has 0 fully saturated rings. The lowest BCUT2D eigenvalue weighted by Crippen LogP contribution is -2.31. The van der Waals surface area contributed by atoms with E-state index >= 15 is 0 Å². The number of nitrogens with zero attached hydrogens (tertiary/aromatic N) is 1. The Kier molecular flexibility index (Phi) is 5.37. The highest BCUT2D eigenvalue weighted by molar-refractivity contribution is 9.10. The molecular formula is C21H18BrN3O2S. The summed E-state index contributed by atoms with van der Waals surface area (Å²) in [6.07, 6.45) is 0.226. The van der Waals surface area contributed by atoms with Gasteiger partial charge in [-0.2, -0.15) is 0 Å². The molecule has 142 valence electrons. The molecule has 3 aromatic rings. The van der Waals surface area contributed by atoms with Gasteiger partial charge in [-0.15, -0.1) is 0 Å². The molecule has 0 saturated carbocycles. The van der Waals surface area contributed by atoms with Gasteiger partial charge < -0.3 is 10.3 Å². The Balaban J connectivity index is 1.65. The van der Waals surface area contributed by atoms with Crippen LogP contribution in [0.2, 0.25) is 0 Å². The van der Waals surface area contributed by atoms with Gasteiger partial charge in [0.1, 0.15) is 5.82 Å². The fourth-order valence-corrected chi connectivity index (χ4v) is 4.50. The van der Waals surface area contributed by atoms with Crippen LogP contribution in [0.15, 0.2) is 63.0 Å². The van der Waals surface area contributed by atoms with Crippen LogP contribution in [-0.4, -0.2) is 15.9 Å². The van der Waals surface area contributed by atoms with Crippen LogP contribution in [0.4, 0.5) is 5.82 Å². The summed E-state index contributed by atoms with van der Waals surface area (Å²) in [5.74, 6) is 0.598. The van der Waals surface area contributed by atoms with Gasteiger partial charge in [0.15, 0.2) is 5.16 Å². The molecule has 1 aliphatic rings. The van der Waals surface area contributed by atoms with Crippen molar-refractivity contribution in [1.29, 1.82) is 0 Å². The van der Waals surface area contributed by atoms with Crippen LogP contribution in [0.25, 0.3) is 0 Å². The standard InChI is InChI=1S/C21H18BrN3O2S/c1-12-5-7-13(8-6-12)11-28-21-24-19-18(20(27)25-21)16(10-17(26)23-19)14-3-2-4-15(22)9-14/h2-9,16H,10-11H2,1H3,(H2,23,24,25,26,27). The number of H-pyrrole nitrogens is 1. The maximum Gasteiger partial charge on any atom is 0.257 e. The molecule has 1 atom stereocenters. The first-order valence-corrected chi connectivity index (χ1v) is 10.7.